The summed E-state index contributed by atoms with van der Waals surface area (Å²) in [6, 6.07) is 17.7. The minimum absolute atomic E-state index is 0.00614. The number of halogens is 1. The predicted molar refractivity (Wildman–Crippen MR) is 101 cm³/mol. The van der Waals surface area contributed by atoms with Crippen molar-refractivity contribution < 1.29 is 18.7 Å². The predicted octanol–water partition coefficient (Wildman–Crippen LogP) is 4.24. The molecule has 3 aromatic rings. The molecule has 1 aliphatic heterocycles. The standard InChI is InChI=1S/C22H18FNO3/c1-2-26-22(25)19-18(14-7-10-15(23)11-8-14)17-12-9-13-5-3-4-6-16(13)20(17)27-21(19)24/h3-12,18H,2,24H2,1H3/t18-/m1/s1. The van der Waals surface area contributed by atoms with Crippen LogP contribution in [0.25, 0.3) is 10.8 Å². The number of hydrogen-bond acceptors (Lipinski definition) is 4. The molecule has 0 saturated heterocycles. The molecular weight excluding hydrogens is 345 g/mol. The van der Waals surface area contributed by atoms with Gasteiger partial charge in [-0.2, -0.15) is 0 Å². The van der Waals surface area contributed by atoms with Crippen molar-refractivity contribution in [2.45, 2.75) is 12.8 Å². The van der Waals surface area contributed by atoms with Crippen molar-refractivity contribution in [1.29, 1.82) is 0 Å². The van der Waals surface area contributed by atoms with Gasteiger partial charge in [-0.25, -0.2) is 9.18 Å². The lowest BCUT2D eigenvalue weighted by Crippen LogP contribution is -2.27. The first-order valence-electron chi connectivity index (χ1n) is 8.72. The molecule has 4 nitrogen and oxygen atoms in total. The molecule has 0 amide bonds. The normalized spacial score (nSPS) is 16.0. The van der Waals surface area contributed by atoms with Crippen LogP contribution in [0.15, 0.2) is 72.1 Å². The van der Waals surface area contributed by atoms with Crippen molar-refractivity contribution in [2.75, 3.05) is 6.61 Å². The van der Waals surface area contributed by atoms with Gasteiger partial charge in [0, 0.05) is 10.9 Å². The molecule has 0 unspecified atom stereocenters. The smallest absolute Gasteiger partial charge is 0.340 e. The second-order valence-corrected chi connectivity index (χ2v) is 6.29. The van der Waals surface area contributed by atoms with Gasteiger partial charge in [-0.05, 0) is 30.0 Å². The molecular formula is C22H18FNO3. The summed E-state index contributed by atoms with van der Waals surface area (Å²) in [4.78, 5) is 12.6. The minimum Gasteiger partial charge on any atom is -0.462 e. The van der Waals surface area contributed by atoms with Gasteiger partial charge in [0.15, 0.2) is 0 Å². The van der Waals surface area contributed by atoms with Crippen LogP contribution < -0.4 is 10.5 Å². The maximum atomic E-state index is 13.5. The van der Waals surface area contributed by atoms with Crippen molar-refractivity contribution >= 4 is 16.7 Å². The van der Waals surface area contributed by atoms with E-state index in [1.54, 1.807) is 19.1 Å². The summed E-state index contributed by atoms with van der Waals surface area (Å²) in [6.07, 6.45) is 0. The zero-order valence-corrected chi connectivity index (χ0v) is 14.7. The first-order chi connectivity index (χ1) is 13.1. The van der Waals surface area contributed by atoms with E-state index in [1.165, 1.54) is 12.1 Å². The van der Waals surface area contributed by atoms with Crippen LogP contribution in [0.4, 0.5) is 4.39 Å². The van der Waals surface area contributed by atoms with E-state index in [9.17, 15) is 9.18 Å². The van der Waals surface area contributed by atoms with E-state index in [-0.39, 0.29) is 23.9 Å². The Balaban J connectivity index is 1.96. The Bertz CT molecular complexity index is 1060. The number of esters is 1. The Hall–Kier alpha value is -3.34. The zero-order chi connectivity index (χ0) is 19.0. The topological polar surface area (TPSA) is 61.5 Å². The second kappa shape index (κ2) is 6.76. The number of hydrogen-bond donors (Lipinski definition) is 1. The van der Waals surface area contributed by atoms with Gasteiger partial charge < -0.3 is 15.2 Å². The van der Waals surface area contributed by atoms with E-state index < -0.39 is 11.9 Å². The molecule has 5 heteroatoms. The molecule has 0 spiro atoms. The fraction of sp³-hybridized carbons (Fsp3) is 0.136. The van der Waals surface area contributed by atoms with Crippen LogP contribution in [0.1, 0.15) is 24.0 Å². The van der Waals surface area contributed by atoms with Crippen LogP contribution in [-0.2, 0) is 9.53 Å². The van der Waals surface area contributed by atoms with E-state index in [0.717, 1.165) is 21.9 Å². The molecule has 0 aromatic heterocycles. The second-order valence-electron chi connectivity index (χ2n) is 6.29. The first-order valence-corrected chi connectivity index (χ1v) is 8.72. The van der Waals surface area contributed by atoms with E-state index in [4.69, 9.17) is 15.2 Å². The molecule has 0 fully saturated rings. The Morgan fingerprint density at radius 3 is 2.59 bits per heavy atom. The summed E-state index contributed by atoms with van der Waals surface area (Å²) >= 11 is 0. The third-order valence-electron chi connectivity index (χ3n) is 4.69. The molecule has 1 atom stereocenters. The Morgan fingerprint density at radius 2 is 1.85 bits per heavy atom. The highest BCUT2D eigenvalue weighted by molar-refractivity contribution is 5.96. The van der Waals surface area contributed by atoms with Gasteiger partial charge in [-0.15, -0.1) is 0 Å². The summed E-state index contributed by atoms with van der Waals surface area (Å²) in [6.45, 7) is 1.95. The van der Waals surface area contributed by atoms with Gasteiger partial charge in [0.05, 0.1) is 12.5 Å². The van der Waals surface area contributed by atoms with Crippen molar-refractivity contribution in [3.05, 3.63) is 89.1 Å². The SMILES string of the molecule is CCOC(=O)C1=C(N)Oc2c(ccc3ccccc23)[C@H]1c1ccc(F)cc1. The van der Waals surface area contributed by atoms with Crippen LogP contribution in [0.2, 0.25) is 0 Å². The molecule has 0 bridgehead atoms. The Labute approximate surface area is 156 Å². The van der Waals surface area contributed by atoms with E-state index in [0.29, 0.717) is 5.75 Å². The number of fused-ring (bicyclic) bond motifs is 3. The van der Waals surface area contributed by atoms with E-state index in [1.807, 2.05) is 36.4 Å². The lowest BCUT2D eigenvalue weighted by molar-refractivity contribution is -0.139. The lowest BCUT2D eigenvalue weighted by Gasteiger charge is -2.29. The largest absolute Gasteiger partial charge is 0.462 e. The molecule has 0 radical (unpaired) electrons. The monoisotopic (exact) mass is 363 g/mol. The summed E-state index contributed by atoms with van der Waals surface area (Å²) in [5.41, 5.74) is 7.91. The van der Waals surface area contributed by atoms with Crippen molar-refractivity contribution in [3.8, 4) is 5.75 Å². The highest BCUT2D eigenvalue weighted by Gasteiger charge is 2.36. The van der Waals surface area contributed by atoms with Crippen LogP contribution >= 0.6 is 0 Å². The molecule has 2 N–H and O–H groups in total. The Kier molecular flexibility index (Phi) is 4.28. The molecule has 136 valence electrons. The molecule has 1 heterocycles. The average molecular weight is 363 g/mol. The fourth-order valence-corrected chi connectivity index (χ4v) is 3.49. The van der Waals surface area contributed by atoms with Crippen LogP contribution in [0, 0.1) is 5.82 Å². The average Bonchev–Trinajstić information content (AvgIpc) is 2.68. The number of rotatable bonds is 3. The lowest BCUT2D eigenvalue weighted by atomic mass is 9.82. The number of ether oxygens (including phenoxy) is 2. The van der Waals surface area contributed by atoms with Gasteiger partial charge in [0.1, 0.15) is 17.1 Å². The molecule has 1 aliphatic rings. The van der Waals surface area contributed by atoms with Crippen molar-refractivity contribution in [1.82, 2.24) is 0 Å². The van der Waals surface area contributed by atoms with E-state index >= 15 is 0 Å². The highest BCUT2D eigenvalue weighted by Crippen LogP contribution is 2.45. The van der Waals surface area contributed by atoms with E-state index in [2.05, 4.69) is 0 Å². The number of benzene rings is 3. The Morgan fingerprint density at radius 1 is 1.11 bits per heavy atom. The fourth-order valence-electron chi connectivity index (χ4n) is 3.49. The summed E-state index contributed by atoms with van der Waals surface area (Å²) in [5, 5.41) is 1.90. The summed E-state index contributed by atoms with van der Waals surface area (Å²) in [7, 11) is 0. The quantitative estimate of drug-likeness (QED) is 0.707. The molecule has 4 rings (SSSR count). The van der Waals surface area contributed by atoms with Gasteiger partial charge in [-0.1, -0.05) is 48.5 Å². The molecule has 27 heavy (non-hydrogen) atoms. The maximum Gasteiger partial charge on any atom is 0.340 e. The van der Waals surface area contributed by atoms with Gasteiger partial charge in [0.25, 0.3) is 0 Å². The van der Waals surface area contributed by atoms with Gasteiger partial charge in [0.2, 0.25) is 5.88 Å². The van der Waals surface area contributed by atoms with Crippen LogP contribution in [-0.4, -0.2) is 12.6 Å². The number of carbonyl (C=O) groups excluding carboxylic acids is 1. The molecule has 0 saturated carbocycles. The van der Waals surface area contributed by atoms with Gasteiger partial charge >= 0.3 is 5.97 Å². The summed E-state index contributed by atoms with van der Waals surface area (Å²) < 4.78 is 24.5. The van der Waals surface area contributed by atoms with Crippen LogP contribution in [0.3, 0.4) is 0 Å². The third kappa shape index (κ3) is 2.91. The summed E-state index contributed by atoms with van der Waals surface area (Å²) in [5.74, 6) is -0.778. The molecule has 3 aromatic carbocycles. The third-order valence-corrected chi connectivity index (χ3v) is 4.69. The van der Waals surface area contributed by atoms with Gasteiger partial charge in [-0.3, -0.25) is 0 Å². The number of carbonyl (C=O) groups is 1. The maximum absolute atomic E-state index is 13.5. The number of nitrogens with two attached hydrogens (primary N) is 1. The van der Waals surface area contributed by atoms with Crippen molar-refractivity contribution in [3.63, 3.8) is 0 Å². The molecule has 0 aliphatic carbocycles. The zero-order valence-electron chi connectivity index (χ0n) is 14.7. The van der Waals surface area contributed by atoms with Crippen LogP contribution in [0.5, 0.6) is 5.75 Å². The minimum atomic E-state index is -0.539. The highest BCUT2D eigenvalue weighted by atomic mass is 19.1. The van der Waals surface area contributed by atoms with Crippen molar-refractivity contribution in [2.24, 2.45) is 5.73 Å². The first kappa shape index (κ1) is 17.1.